The van der Waals surface area contributed by atoms with Gasteiger partial charge in [-0.2, -0.15) is 0 Å². The summed E-state index contributed by atoms with van der Waals surface area (Å²) in [5, 5.41) is 0.322. The monoisotopic (exact) mass is 148 g/mol. The van der Waals surface area contributed by atoms with Crippen LogP contribution in [-0.4, -0.2) is 10.9 Å². The molecular weight excluding hydrogens is 140 g/mol. The summed E-state index contributed by atoms with van der Waals surface area (Å²) in [5.74, 6) is 0.969. The molecule has 1 fully saturated rings. The Balaban J connectivity index is 2.68. The van der Waals surface area contributed by atoms with E-state index in [2.05, 4.69) is 0 Å². The van der Waals surface area contributed by atoms with Crippen molar-refractivity contribution in [3.8, 4) is 0 Å². The number of carbonyl (C=O) groups is 1. The first kappa shape index (κ1) is 6.49. The third-order valence-corrected chi connectivity index (χ3v) is 3.93. The highest BCUT2D eigenvalue weighted by Gasteiger charge is 2.34. The quantitative estimate of drug-likeness (QED) is 0.489. The summed E-state index contributed by atoms with van der Waals surface area (Å²) < 4.78 is 0. The highest BCUT2D eigenvalue weighted by molar-refractivity contribution is 8.82. The minimum Gasteiger partial charge on any atom is -0.286 e. The largest absolute Gasteiger partial charge is 0.286 e. The molecule has 1 rings (SSSR count). The highest BCUT2D eigenvalue weighted by atomic mass is 33.1. The van der Waals surface area contributed by atoms with Crippen molar-refractivity contribution in [2.45, 2.75) is 13.8 Å². The summed E-state index contributed by atoms with van der Waals surface area (Å²) >= 11 is 0. The number of hydrogen-bond donors (Lipinski definition) is 0. The summed E-state index contributed by atoms with van der Waals surface area (Å²) in [7, 11) is 3.04. The van der Waals surface area contributed by atoms with Crippen molar-refractivity contribution in [2.24, 2.45) is 5.41 Å². The van der Waals surface area contributed by atoms with E-state index in [0.717, 1.165) is 5.75 Å². The molecule has 0 aromatic heterocycles. The Morgan fingerprint density at radius 1 is 1.62 bits per heavy atom. The maximum atomic E-state index is 10.8. The molecule has 46 valence electrons. The maximum Gasteiger partial charge on any atom is 0.205 e. The molecule has 0 aliphatic carbocycles. The second kappa shape index (κ2) is 1.95. The lowest BCUT2D eigenvalue weighted by Gasteiger charge is -2.09. The van der Waals surface area contributed by atoms with Gasteiger partial charge in [0.2, 0.25) is 5.12 Å². The molecule has 0 bridgehead atoms. The Morgan fingerprint density at radius 3 is 2.38 bits per heavy atom. The zero-order chi connectivity index (χ0) is 6.20. The Hall–Kier alpha value is 0.370. The molecule has 0 spiro atoms. The highest BCUT2D eigenvalue weighted by Crippen LogP contribution is 2.43. The van der Waals surface area contributed by atoms with E-state index in [0.29, 0.717) is 5.12 Å². The van der Waals surface area contributed by atoms with Crippen molar-refractivity contribution in [2.75, 3.05) is 5.75 Å². The summed E-state index contributed by atoms with van der Waals surface area (Å²) in [6.07, 6.45) is 0. The van der Waals surface area contributed by atoms with Gasteiger partial charge < -0.3 is 0 Å². The average molecular weight is 148 g/mol. The molecule has 0 unspecified atom stereocenters. The average Bonchev–Trinajstić information content (AvgIpc) is 1.86. The van der Waals surface area contributed by atoms with Gasteiger partial charge in [-0.3, -0.25) is 4.79 Å². The van der Waals surface area contributed by atoms with Crippen LogP contribution in [0.3, 0.4) is 0 Å². The van der Waals surface area contributed by atoms with Gasteiger partial charge in [0.25, 0.3) is 0 Å². The third kappa shape index (κ3) is 1.03. The number of hydrogen-bond acceptors (Lipinski definition) is 3. The van der Waals surface area contributed by atoms with E-state index in [1.165, 1.54) is 10.8 Å². The molecule has 3 heteroatoms. The molecule has 1 aliphatic heterocycles. The predicted octanol–water partition coefficient (Wildman–Crippen LogP) is 1.93. The fraction of sp³-hybridized carbons (Fsp3) is 0.800. The van der Waals surface area contributed by atoms with Crippen LogP contribution in [0.25, 0.3) is 0 Å². The topological polar surface area (TPSA) is 17.1 Å². The van der Waals surface area contributed by atoms with Gasteiger partial charge in [0.05, 0.1) is 0 Å². The standard InChI is InChI=1S/C5H8OS2/c1-5(2)3-7-8-4(5)6/h3H2,1-2H3. The van der Waals surface area contributed by atoms with Gasteiger partial charge in [-0.05, 0) is 10.8 Å². The van der Waals surface area contributed by atoms with Crippen LogP contribution in [-0.2, 0) is 4.79 Å². The van der Waals surface area contributed by atoms with Crippen LogP contribution >= 0.6 is 21.6 Å². The van der Waals surface area contributed by atoms with Crippen LogP contribution in [0.1, 0.15) is 13.8 Å². The first-order valence-electron chi connectivity index (χ1n) is 2.47. The molecule has 0 aromatic rings. The minimum atomic E-state index is -0.0602. The van der Waals surface area contributed by atoms with Gasteiger partial charge in [0.1, 0.15) is 0 Å². The van der Waals surface area contributed by atoms with Gasteiger partial charge in [0.15, 0.2) is 0 Å². The smallest absolute Gasteiger partial charge is 0.205 e. The zero-order valence-electron chi connectivity index (χ0n) is 4.93. The molecule has 8 heavy (non-hydrogen) atoms. The summed E-state index contributed by atoms with van der Waals surface area (Å²) in [5.41, 5.74) is -0.0602. The van der Waals surface area contributed by atoms with Crippen LogP contribution in [0.5, 0.6) is 0 Å². The van der Waals surface area contributed by atoms with Crippen LogP contribution < -0.4 is 0 Å². The first-order valence-corrected chi connectivity index (χ1v) is 4.79. The Morgan fingerprint density at radius 2 is 2.25 bits per heavy atom. The van der Waals surface area contributed by atoms with E-state index in [-0.39, 0.29) is 5.41 Å². The van der Waals surface area contributed by atoms with Crippen molar-refractivity contribution in [1.29, 1.82) is 0 Å². The summed E-state index contributed by atoms with van der Waals surface area (Å²) in [6, 6.07) is 0. The molecule has 1 heterocycles. The molecule has 1 nitrogen and oxygen atoms in total. The van der Waals surface area contributed by atoms with Crippen LogP contribution in [0.2, 0.25) is 0 Å². The SMILES string of the molecule is CC1(C)CSSC1=O. The van der Waals surface area contributed by atoms with E-state index in [1.54, 1.807) is 10.8 Å². The van der Waals surface area contributed by atoms with E-state index in [4.69, 9.17) is 0 Å². The van der Waals surface area contributed by atoms with Crippen LogP contribution in [0.4, 0.5) is 0 Å². The van der Waals surface area contributed by atoms with Gasteiger partial charge in [-0.15, -0.1) is 0 Å². The lowest BCUT2D eigenvalue weighted by atomic mass is 9.99. The Labute approximate surface area is 57.0 Å². The molecule has 0 saturated carbocycles. The van der Waals surface area contributed by atoms with Crippen LogP contribution in [0, 0.1) is 5.41 Å². The molecule has 0 aromatic carbocycles. The first-order chi connectivity index (χ1) is 3.63. The van der Waals surface area contributed by atoms with Gasteiger partial charge in [0, 0.05) is 11.2 Å². The van der Waals surface area contributed by atoms with Crippen molar-refractivity contribution >= 4 is 26.7 Å². The van der Waals surface area contributed by atoms with E-state index >= 15 is 0 Å². The van der Waals surface area contributed by atoms with Crippen LogP contribution in [0.15, 0.2) is 0 Å². The second-order valence-electron chi connectivity index (χ2n) is 2.52. The molecular formula is C5H8OS2. The van der Waals surface area contributed by atoms with Crippen molar-refractivity contribution in [3.05, 3.63) is 0 Å². The number of carbonyl (C=O) groups excluding carboxylic acids is 1. The molecule has 1 aliphatic rings. The fourth-order valence-electron chi connectivity index (χ4n) is 0.402. The van der Waals surface area contributed by atoms with Gasteiger partial charge in [-0.25, -0.2) is 0 Å². The zero-order valence-corrected chi connectivity index (χ0v) is 6.56. The molecule has 0 N–H and O–H groups in total. The lowest BCUT2D eigenvalue weighted by Crippen LogP contribution is -2.17. The lowest BCUT2D eigenvalue weighted by molar-refractivity contribution is -0.116. The molecule has 1 saturated heterocycles. The summed E-state index contributed by atoms with van der Waals surface area (Å²) in [4.78, 5) is 10.8. The maximum absolute atomic E-state index is 10.8. The fourth-order valence-corrected chi connectivity index (χ4v) is 3.44. The van der Waals surface area contributed by atoms with Gasteiger partial charge in [-0.1, -0.05) is 24.6 Å². The molecule has 0 atom stereocenters. The molecule has 0 radical (unpaired) electrons. The van der Waals surface area contributed by atoms with Crippen molar-refractivity contribution < 1.29 is 4.79 Å². The third-order valence-electron chi connectivity index (χ3n) is 1.11. The van der Waals surface area contributed by atoms with Gasteiger partial charge >= 0.3 is 0 Å². The van der Waals surface area contributed by atoms with E-state index < -0.39 is 0 Å². The minimum absolute atomic E-state index is 0.0602. The normalized spacial score (nSPS) is 26.5. The second-order valence-corrected chi connectivity index (χ2v) is 4.79. The Kier molecular flexibility index (Phi) is 1.59. The predicted molar refractivity (Wildman–Crippen MR) is 38.8 cm³/mol. The molecule has 0 amide bonds. The number of rotatable bonds is 0. The summed E-state index contributed by atoms with van der Waals surface area (Å²) in [6.45, 7) is 3.98. The Bertz CT molecular complexity index is 120. The van der Waals surface area contributed by atoms with Crippen molar-refractivity contribution in [1.82, 2.24) is 0 Å². The van der Waals surface area contributed by atoms with E-state index in [1.807, 2.05) is 13.8 Å². The van der Waals surface area contributed by atoms with Crippen molar-refractivity contribution in [3.63, 3.8) is 0 Å². The van der Waals surface area contributed by atoms with E-state index in [9.17, 15) is 4.79 Å².